The summed E-state index contributed by atoms with van der Waals surface area (Å²) in [6, 6.07) is 7.19. The molecule has 6 heteroatoms. The Bertz CT molecular complexity index is 579. The highest BCUT2D eigenvalue weighted by Gasteiger charge is 2.12. The fourth-order valence-corrected chi connectivity index (χ4v) is 2.13. The molecule has 0 spiro atoms. The minimum Gasteiger partial charge on any atom is -0.481 e. The van der Waals surface area contributed by atoms with Crippen molar-refractivity contribution in [3.63, 3.8) is 0 Å². The van der Waals surface area contributed by atoms with E-state index in [1.54, 1.807) is 12.1 Å². The standard InChI is InChI=1S/C13H16BNO4/c16-13(17)3-1-2-7-15-8-6-10-9-11(14(18)19)4-5-12(10)15/h4-6,8-9,18-19H,1-3,7H2,(H,16,17). The molecule has 3 N–H and O–H groups in total. The number of carboxylic acids is 1. The van der Waals surface area contributed by atoms with E-state index in [4.69, 9.17) is 15.2 Å². The summed E-state index contributed by atoms with van der Waals surface area (Å²) in [6.45, 7) is 0.762. The molecule has 1 aromatic carbocycles. The Morgan fingerprint density at radius 3 is 2.68 bits per heavy atom. The molecule has 0 aliphatic carbocycles. The summed E-state index contributed by atoms with van der Waals surface area (Å²) >= 11 is 0. The molecule has 1 aromatic heterocycles. The van der Waals surface area contributed by atoms with Gasteiger partial charge in [-0.3, -0.25) is 4.79 Å². The van der Waals surface area contributed by atoms with Gasteiger partial charge in [-0.05, 0) is 35.8 Å². The van der Waals surface area contributed by atoms with Crippen LogP contribution in [0.25, 0.3) is 10.9 Å². The Morgan fingerprint density at radius 2 is 2.00 bits per heavy atom. The van der Waals surface area contributed by atoms with Crippen LogP contribution in [-0.4, -0.2) is 32.8 Å². The molecule has 0 saturated carbocycles. The summed E-state index contributed by atoms with van der Waals surface area (Å²) in [5, 5.41) is 27.7. The van der Waals surface area contributed by atoms with Crippen molar-refractivity contribution in [3.8, 4) is 0 Å². The predicted octanol–water partition coefficient (Wildman–Crippen LogP) is 0.576. The van der Waals surface area contributed by atoms with E-state index < -0.39 is 13.1 Å². The maximum Gasteiger partial charge on any atom is 0.488 e. The van der Waals surface area contributed by atoms with E-state index in [0.29, 0.717) is 11.9 Å². The number of rotatable bonds is 6. The van der Waals surface area contributed by atoms with Crippen molar-refractivity contribution in [2.24, 2.45) is 0 Å². The van der Waals surface area contributed by atoms with Crippen LogP contribution in [0.2, 0.25) is 0 Å². The molecule has 5 nitrogen and oxygen atoms in total. The number of benzene rings is 1. The zero-order chi connectivity index (χ0) is 13.8. The number of aliphatic carboxylic acids is 1. The molecule has 2 aromatic rings. The molecule has 0 aliphatic rings. The van der Waals surface area contributed by atoms with Crippen LogP contribution in [0.5, 0.6) is 0 Å². The first-order chi connectivity index (χ1) is 9.08. The smallest absolute Gasteiger partial charge is 0.481 e. The Hall–Kier alpha value is -1.79. The maximum atomic E-state index is 10.4. The fraction of sp³-hybridized carbons (Fsp3) is 0.308. The summed E-state index contributed by atoms with van der Waals surface area (Å²) in [7, 11) is -1.46. The number of unbranched alkanes of at least 4 members (excludes halogenated alkanes) is 1. The summed E-state index contributed by atoms with van der Waals surface area (Å²) in [5.41, 5.74) is 1.48. The van der Waals surface area contributed by atoms with Gasteiger partial charge in [0, 0.05) is 24.7 Å². The van der Waals surface area contributed by atoms with Crippen LogP contribution >= 0.6 is 0 Å². The van der Waals surface area contributed by atoms with E-state index in [0.717, 1.165) is 23.9 Å². The first-order valence-electron chi connectivity index (χ1n) is 6.24. The van der Waals surface area contributed by atoms with Gasteiger partial charge in [0.25, 0.3) is 0 Å². The lowest BCUT2D eigenvalue weighted by atomic mass is 9.80. The summed E-state index contributed by atoms with van der Waals surface area (Å²) < 4.78 is 2.05. The van der Waals surface area contributed by atoms with Gasteiger partial charge in [0.15, 0.2) is 0 Å². The lowest BCUT2D eigenvalue weighted by molar-refractivity contribution is -0.137. The molecule has 0 aliphatic heterocycles. The SMILES string of the molecule is O=C(O)CCCCn1ccc2cc(B(O)O)ccc21. The lowest BCUT2D eigenvalue weighted by Gasteiger charge is -2.05. The number of hydrogen-bond donors (Lipinski definition) is 3. The van der Waals surface area contributed by atoms with Gasteiger partial charge in [0.05, 0.1) is 0 Å². The van der Waals surface area contributed by atoms with Crippen molar-refractivity contribution in [2.45, 2.75) is 25.8 Å². The Labute approximate surface area is 111 Å². The van der Waals surface area contributed by atoms with Crippen molar-refractivity contribution >= 4 is 29.5 Å². The van der Waals surface area contributed by atoms with Crippen molar-refractivity contribution in [3.05, 3.63) is 30.5 Å². The van der Waals surface area contributed by atoms with E-state index in [9.17, 15) is 4.79 Å². The Morgan fingerprint density at radius 1 is 1.21 bits per heavy atom. The number of hydrogen-bond acceptors (Lipinski definition) is 3. The Balaban J connectivity index is 2.06. The zero-order valence-electron chi connectivity index (χ0n) is 10.5. The number of aryl methyl sites for hydroxylation is 1. The number of carbonyl (C=O) groups is 1. The highest BCUT2D eigenvalue weighted by atomic mass is 16.4. The van der Waals surface area contributed by atoms with Crippen molar-refractivity contribution in [2.75, 3.05) is 0 Å². The first kappa shape index (κ1) is 13.6. The van der Waals surface area contributed by atoms with Crippen molar-refractivity contribution in [1.29, 1.82) is 0 Å². The molecular formula is C13H16BNO4. The van der Waals surface area contributed by atoms with Crippen LogP contribution in [-0.2, 0) is 11.3 Å². The lowest BCUT2D eigenvalue weighted by Crippen LogP contribution is -2.29. The molecule has 0 bridgehead atoms. The van der Waals surface area contributed by atoms with Gasteiger partial charge < -0.3 is 19.7 Å². The predicted molar refractivity (Wildman–Crippen MR) is 73.3 cm³/mol. The third kappa shape index (κ3) is 3.36. The van der Waals surface area contributed by atoms with Crippen LogP contribution in [0.1, 0.15) is 19.3 Å². The molecule has 0 amide bonds. The highest BCUT2D eigenvalue weighted by Crippen LogP contribution is 2.15. The van der Waals surface area contributed by atoms with Gasteiger partial charge in [0.2, 0.25) is 0 Å². The number of aromatic nitrogens is 1. The number of carboxylic acid groups (broad SMARTS) is 1. The summed E-state index contributed by atoms with van der Waals surface area (Å²) in [4.78, 5) is 10.4. The largest absolute Gasteiger partial charge is 0.488 e. The fourth-order valence-electron chi connectivity index (χ4n) is 2.13. The van der Waals surface area contributed by atoms with Crippen LogP contribution in [0, 0.1) is 0 Å². The van der Waals surface area contributed by atoms with Crippen LogP contribution in [0.3, 0.4) is 0 Å². The van der Waals surface area contributed by atoms with Crippen molar-refractivity contribution in [1.82, 2.24) is 4.57 Å². The van der Waals surface area contributed by atoms with Gasteiger partial charge in [-0.15, -0.1) is 0 Å². The molecule has 1 heterocycles. The molecule has 0 atom stereocenters. The molecule has 19 heavy (non-hydrogen) atoms. The quantitative estimate of drug-likeness (QED) is 0.524. The number of fused-ring (bicyclic) bond motifs is 1. The van der Waals surface area contributed by atoms with E-state index in [2.05, 4.69) is 0 Å². The zero-order valence-corrected chi connectivity index (χ0v) is 10.5. The van der Waals surface area contributed by atoms with E-state index in [1.807, 2.05) is 22.9 Å². The van der Waals surface area contributed by atoms with Gasteiger partial charge in [0.1, 0.15) is 0 Å². The molecule has 0 unspecified atom stereocenters. The second-order valence-electron chi connectivity index (χ2n) is 4.55. The maximum absolute atomic E-state index is 10.4. The van der Waals surface area contributed by atoms with Gasteiger partial charge in [-0.2, -0.15) is 0 Å². The van der Waals surface area contributed by atoms with Crippen LogP contribution in [0.4, 0.5) is 0 Å². The monoisotopic (exact) mass is 261 g/mol. The molecular weight excluding hydrogens is 245 g/mol. The third-order valence-electron chi connectivity index (χ3n) is 3.13. The molecule has 100 valence electrons. The van der Waals surface area contributed by atoms with E-state index in [-0.39, 0.29) is 6.42 Å². The van der Waals surface area contributed by atoms with Crippen molar-refractivity contribution < 1.29 is 19.9 Å². The number of nitrogens with zero attached hydrogens (tertiary/aromatic N) is 1. The normalized spacial score (nSPS) is 10.8. The van der Waals surface area contributed by atoms with Gasteiger partial charge in [-0.25, -0.2) is 0 Å². The minimum absolute atomic E-state index is 0.194. The molecule has 0 saturated heterocycles. The van der Waals surface area contributed by atoms with Gasteiger partial charge >= 0.3 is 13.1 Å². The first-order valence-corrected chi connectivity index (χ1v) is 6.24. The van der Waals surface area contributed by atoms with E-state index in [1.165, 1.54) is 0 Å². The Kier molecular flexibility index (Phi) is 4.24. The summed E-state index contributed by atoms with van der Waals surface area (Å²) in [5.74, 6) is -0.765. The van der Waals surface area contributed by atoms with Gasteiger partial charge in [-0.1, -0.05) is 12.1 Å². The average molecular weight is 261 g/mol. The second kappa shape index (κ2) is 5.90. The summed E-state index contributed by atoms with van der Waals surface area (Å²) in [6.07, 6.45) is 3.59. The van der Waals surface area contributed by atoms with Crippen LogP contribution < -0.4 is 5.46 Å². The molecule has 0 fully saturated rings. The average Bonchev–Trinajstić information content (AvgIpc) is 2.76. The van der Waals surface area contributed by atoms with E-state index >= 15 is 0 Å². The van der Waals surface area contributed by atoms with Crippen LogP contribution in [0.15, 0.2) is 30.5 Å². The molecule has 2 rings (SSSR count). The minimum atomic E-state index is -1.46. The highest BCUT2D eigenvalue weighted by molar-refractivity contribution is 6.58. The molecule has 0 radical (unpaired) electrons. The topological polar surface area (TPSA) is 82.7 Å². The third-order valence-corrected chi connectivity index (χ3v) is 3.13. The second-order valence-corrected chi connectivity index (χ2v) is 4.55.